The first-order chi connectivity index (χ1) is 12.1. The van der Waals surface area contributed by atoms with E-state index in [2.05, 4.69) is 27.3 Å². The lowest BCUT2D eigenvalue weighted by Crippen LogP contribution is -2.24. The number of esters is 1. The Hall–Kier alpha value is -2.48. The van der Waals surface area contributed by atoms with E-state index in [-0.39, 0.29) is 18.1 Å². The van der Waals surface area contributed by atoms with Gasteiger partial charge in [0.1, 0.15) is 11.5 Å². The molecule has 1 aromatic carbocycles. The molecule has 0 spiro atoms. The zero-order valence-corrected chi connectivity index (χ0v) is 14.5. The van der Waals surface area contributed by atoms with E-state index in [1.165, 1.54) is 12.1 Å². The number of rotatable bonds is 4. The number of fused-ring (bicyclic) bond motifs is 1. The molecule has 0 radical (unpaired) electrons. The number of benzene rings is 1. The molecule has 0 saturated carbocycles. The molecule has 1 N–H and O–H groups in total. The van der Waals surface area contributed by atoms with Crippen molar-refractivity contribution in [2.45, 2.75) is 13.3 Å². The van der Waals surface area contributed by atoms with Crippen LogP contribution in [-0.4, -0.2) is 60.7 Å². The summed E-state index contributed by atoms with van der Waals surface area (Å²) in [7, 11) is 2.08. The highest BCUT2D eigenvalue weighted by atomic mass is 19.1. The topological polar surface area (TPSA) is 73.3 Å². The zero-order valence-electron chi connectivity index (χ0n) is 14.5. The second kappa shape index (κ2) is 7.60. The van der Waals surface area contributed by atoms with Crippen LogP contribution in [0.25, 0.3) is 10.9 Å². The Balaban J connectivity index is 1.93. The monoisotopic (exact) mass is 347 g/mol. The van der Waals surface area contributed by atoms with Crippen molar-refractivity contribution in [3.05, 3.63) is 29.7 Å². The lowest BCUT2D eigenvalue weighted by atomic mass is 10.2. The fourth-order valence-corrected chi connectivity index (χ4v) is 2.84. The van der Waals surface area contributed by atoms with E-state index in [1.54, 1.807) is 13.0 Å². The Labute approximate surface area is 145 Å². The van der Waals surface area contributed by atoms with Crippen LogP contribution in [0.15, 0.2) is 28.5 Å². The van der Waals surface area contributed by atoms with Gasteiger partial charge in [-0.1, -0.05) is 5.22 Å². The molecule has 3 rings (SSSR count). The quantitative estimate of drug-likeness (QED) is 0.681. The maximum absolute atomic E-state index is 13.5. The van der Waals surface area contributed by atoms with Gasteiger partial charge in [0.25, 0.3) is 0 Å². The van der Waals surface area contributed by atoms with Crippen molar-refractivity contribution >= 4 is 22.6 Å². The van der Waals surface area contributed by atoms with Crippen LogP contribution in [0.2, 0.25) is 0 Å². The van der Waals surface area contributed by atoms with Crippen molar-refractivity contribution in [2.75, 3.05) is 39.8 Å². The molecule has 0 aliphatic carbocycles. The third kappa shape index (κ3) is 3.96. The van der Waals surface area contributed by atoms with Crippen molar-refractivity contribution < 1.29 is 13.9 Å². The Morgan fingerprint density at radius 3 is 2.96 bits per heavy atom. The van der Waals surface area contributed by atoms with Crippen molar-refractivity contribution in [3.8, 4) is 0 Å². The zero-order chi connectivity index (χ0) is 17.8. The first-order valence-corrected chi connectivity index (χ1v) is 8.42. The Morgan fingerprint density at radius 2 is 2.16 bits per heavy atom. The predicted molar refractivity (Wildman–Crippen MR) is 92.4 cm³/mol. The van der Waals surface area contributed by atoms with Gasteiger partial charge in [-0.25, -0.2) is 9.18 Å². The number of aromatic amines is 1. The molecule has 25 heavy (non-hydrogen) atoms. The summed E-state index contributed by atoms with van der Waals surface area (Å²) in [6, 6.07) is 4.26. The number of nitrogens with one attached hydrogen (secondary N) is 1. The van der Waals surface area contributed by atoms with E-state index in [1.807, 2.05) is 5.01 Å². The minimum absolute atomic E-state index is 0.193. The first kappa shape index (κ1) is 17.3. The van der Waals surface area contributed by atoms with E-state index in [0.717, 1.165) is 32.6 Å². The van der Waals surface area contributed by atoms with Crippen molar-refractivity contribution in [3.63, 3.8) is 0 Å². The summed E-state index contributed by atoms with van der Waals surface area (Å²) in [5.41, 5.74) is 1.07. The van der Waals surface area contributed by atoms with E-state index in [0.29, 0.717) is 16.6 Å². The number of carbonyl (C=O) groups excluding carboxylic acids is 1. The molecule has 2 aromatic rings. The minimum atomic E-state index is -0.524. The average molecular weight is 347 g/mol. The van der Waals surface area contributed by atoms with E-state index >= 15 is 0 Å². The lowest BCUT2D eigenvalue weighted by molar-refractivity contribution is 0.0521. The molecule has 134 valence electrons. The van der Waals surface area contributed by atoms with E-state index < -0.39 is 5.97 Å². The van der Waals surface area contributed by atoms with E-state index in [4.69, 9.17) is 4.74 Å². The Morgan fingerprint density at radius 1 is 1.32 bits per heavy atom. The van der Waals surface area contributed by atoms with Crippen molar-refractivity contribution in [2.24, 2.45) is 10.3 Å². The molecule has 7 nitrogen and oxygen atoms in total. The van der Waals surface area contributed by atoms with Gasteiger partial charge in [0, 0.05) is 18.5 Å². The number of aromatic nitrogens is 1. The molecule has 0 amide bonds. The number of H-pyrrole nitrogens is 1. The second-order valence-corrected chi connectivity index (χ2v) is 6.06. The Bertz CT molecular complexity index is 789. The highest BCUT2D eigenvalue weighted by Crippen LogP contribution is 2.32. The van der Waals surface area contributed by atoms with Gasteiger partial charge >= 0.3 is 5.97 Å². The Kier molecular flexibility index (Phi) is 5.28. The predicted octanol–water partition coefficient (Wildman–Crippen LogP) is 3.12. The smallest absolute Gasteiger partial charge is 0.357 e. The fraction of sp³-hybridized carbons (Fsp3) is 0.471. The molecule has 8 heteroatoms. The van der Waals surface area contributed by atoms with Gasteiger partial charge in [-0.15, -0.1) is 5.11 Å². The summed E-state index contributed by atoms with van der Waals surface area (Å²) < 4.78 is 18.6. The summed E-state index contributed by atoms with van der Waals surface area (Å²) in [6.07, 6.45) is 0.999. The number of hydrogen-bond acceptors (Lipinski definition) is 5. The number of hydrogen-bond donors (Lipinski definition) is 1. The van der Waals surface area contributed by atoms with Gasteiger partial charge in [-0.3, -0.25) is 5.01 Å². The summed E-state index contributed by atoms with van der Waals surface area (Å²) in [5, 5.41) is 11.1. The molecular weight excluding hydrogens is 325 g/mol. The lowest BCUT2D eigenvalue weighted by Gasteiger charge is -2.14. The van der Waals surface area contributed by atoms with Gasteiger partial charge in [-0.2, -0.15) is 0 Å². The molecule has 0 unspecified atom stereocenters. The van der Waals surface area contributed by atoms with E-state index in [9.17, 15) is 9.18 Å². The first-order valence-electron chi connectivity index (χ1n) is 8.42. The third-order valence-corrected chi connectivity index (χ3v) is 4.18. The molecule has 1 aromatic heterocycles. The van der Waals surface area contributed by atoms with Gasteiger partial charge in [0.2, 0.25) is 0 Å². The summed E-state index contributed by atoms with van der Waals surface area (Å²) in [5.74, 6) is -0.910. The molecule has 0 atom stereocenters. The number of nitrogens with zero attached hydrogens (tertiary/aromatic N) is 4. The standard InChI is InChI=1S/C17H22FN5O2/c1-3-25-17(24)16-15(13-6-5-12(18)11-14(13)19-16)20-21-23-8-4-7-22(2)9-10-23/h5-6,11,19H,3-4,7-10H2,1-2H3. The molecule has 1 saturated heterocycles. The SMILES string of the molecule is CCOC(=O)c1[nH]c2cc(F)ccc2c1N=NN1CCCN(C)CC1. The molecule has 1 fully saturated rings. The highest BCUT2D eigenvalue weighted by molar-refractivity contribution is 6.04. The number of halogens is 1. The summed E-state index contributed by atoms with van der Waals surface area (Å²) in [4.78, 5) is 17.3. The highest BCUT2D eigenvalue weighted by Gasteiger charge is 2.20. The largest absolute Gasteiger partial charge is 0.461 e. The van der Waals surface area contributed by atoms with Crippen LogP contribution in [-0.2, 0) is 4.74 Å². The summed E-state index contributed by atoms with van der Waals surface area (Å²) in [6.45, 7) is 5.48. The minimum Gasteiger partial charge on any atom is -0.461 e. The summed E-state index contributed by atoms with van der Waals surface area (Å²) >= 11 is 0. The van der Waals surface area contributed by atoms with Crippen LogP contribution < -0.4 is 0 Å². The average Bonchev–Trinajstić information content (AvgIpc) is 2.81. The molecule has 0 bridgehead atoms. The van der Waals surface area contributed by atoms with Crippen LogP contribution in [0.4, 0.5) is 10.1 Å². The van der Waals surface area contributed by atoms with Gasteiger partial charge < -0.3 is 14.6 Å². The number of carbonyl (C=O) groups is 1. The van der Waals surface area contributed by atoms with Gasteiger partial charge in [-0.05, 0) is 45.1 Å². The van der Waals surface area contributed by atoms with Gasteiger partial charge in [0.05, 0.1) is 18.7 Å². The van der Waals surface area contributed by atoms with Crippen LogP contribution in [0, 0.1) is 5.82 Å². The maximum atomic E-state index is 13.5. The normalized spacial score (nSPS) is 16.5. The van der Waals surface area contributed by atoms with Crippen LogP contribution >= 0.6 is 0 Å². The van der Waals surface area contributed by atoms with Crippen LogP contribution in [0.3, 0.4) is 0 Å². The van der Waals surface area contributed by atoms with Crippen LogP contribution in [0.1, 0.15) is 23.8 Å². The molecular formula is C17H22FN5O2. The number of ether oxygens (including phenoxy) is 1. The molecule has 2 heterocycles. The van der Waals surface area contributed by atoms with Crippen molar-refractivity contribution in [1.29, 1.82) is 0 Å². The molecule has 1 aliphatic rings. The van der Waals surface area contributed by atoms with Gasteiger partial charge in [0.15, 0.2) is 5.69 Å². The number of likely N-dealkylation sites (N-methyl/N-ethyl adjacent to an activating group) is 1. The van der Waals surface area contributed by atoms with Crippen LogP contribution in [0.5, 0.6) is 0 Å². The second-order valence-electron chi connectivity index (χ2n) is 6.06. The van der Waals surface area contributed by atoms with Crippen molar-refractivity contribution in [1.82, 2.24) is 14.9 Å². The molecule has 1 aliphatic heterocycles. The third-order valence-electron chi connectivity index (χ3n) is 4.18. The fourth-order valence-electron chi connectivity index (χ4n) is 2.84. The maximum Gasteiger partial charge on any atom is 0.357 e.